The number of hydrogen-bond donors (Lipinski definition) is 2. The Kier molecular flexibility index (Phi) is 6.72. The van der Waals surface area contributed by atoms with Crippen molar-refractivity contribution in [3.05, 3.63) is 82.7 Å². The Morgan fingerprint density at radius 2 is 1.78 bits per heavy atom. The lowest BCUT2D eigenvalue weighted by Gasteiger charge is -2.26. The Bertz CT molecular complexity index is 1200. The van der Waals surface area contributed by atoms with Gasteiger partial charge in [0.05, 0.1) is 11.8 Å². The predicted octanol–water partition coefficient (Wildman–Crippen LogP) is 4.36. The summed E-state index contributed by atoms with van der Waals surface area (Å²) in [6.07, 6.45) is 2.84. The predicted molar refractivity (Wildman–Crippen MR) is 126 cm³/mol. The van der Waals surface area contributed by atoms with Gasteiger partial charge < -0.3 is 10.6 Å². The molecule has 4 rings (SSSR count). The molecular formula is C24H24N2O4S2. The SMILES string of the molecule is O=C(CCS(=O)(=O)c1cccs1)Nc1ccc(C(=O)NC2CCCc3ccccc32)cc1. The fourth-order valence-electron chi connectivity index (χ4n) is 3.84. The lowest BCUT2D eigenvalue weighted by molar-refractivity contribution is -0.115. The first-order chi connectivity index (χ1) is 15.4. The van der Waals surface area contributed by atoms with Crippen LogP contribution < -0.4 is 10.6 Å². The van der Waals surface area contributed by atoms with E-state index in [1.807, 2.05) is 12.1 Å². The number of rotatable bonds is 7. The molecule has 0 bridgehead atoms. The first-order valence-corrected chi connectivity index (χ1v) is 13.0. The fraction of sp³-hybridized carbons (Fsp3) is 0.250. The van der Waals surface area contributed by atoms with E-state index in [1.54, 1.807) is 35.7 Å². The molecule has 0 saturated carbocycles. The largest absolute Gasteiger partial charge is 0.345 e. The first-order valence-electron chi connectivity index (χ1n) is 10.5. The van der Waals surface area contributed by atoms with Gasteiger partial charge in [0.15, 0.2) is 9.84 Å². The molecule has 8 heteroatoms. The lowest BCUT2D eigenvalue weighted by Crippen LogP contribution is -2.30. The van der Waals surface area contributed by atoms with E-state index in [1.165, 1.54) is 17.2 Å². The van der Waals surface area contributed by atoms with Crippen LogP contribution in [0.5, 0.6) is 0 Å². The number of amides is 2. The van der Waals surface area contributed by atoms with Crippen LogP contribution in [-0.2, 0) is 21.1 Å². The Balaban J connectivity index is 1.32. The van der Waals surface area contributed by atoms with Crippen LogP contribution in [0.3, 0.4) is 0 Å². The van der Waals surface area contributed by atoms with Crippen molar-refractivity contribution in [1.29, 1.82) is 0 Å². The van der Waals surface area contributed by atoms with Gasteiger partial charge in [0.2, 0.25) is 5.91 Å². The van der Waals surface area contributed by atoms with Crippen LogP contribution >= 0.6 is 11.3 Å². The number of fused-ring (bicyclic) bond motifs is 1. The van der Waals surface area contributed by atoms with E-state index in [0.29, 0.717) is 11.3 Å². The van der Waals surface area contributed by atoms with Crippen molar-refractivity contribution < 1.29 is 18.0 Å². The van der Waals surface area contributed by atoms with Gasteiger partial charge in [0.25, 0.3) is 5.91 Å². The number of sulfone groups is 1. The molecule has 0 aliphatic heterocycles. The number of benzene rings is 2. The molecule has 2 amide bonds. The second-order valence-electron chi connectivity index (χ2n) is 7.74. The maximum Gasteiger partial charge on any atom is 0.251 e. The Hall–Kier alpha value is -2.97. The van der Waals surface area contributed by atoms with E-state index in [-0.39, 0.29) is 34.2 Å². The van der Waals surface area contributed by atoms with E-state index in [0.717, 1.165) is 30.6 Å². The van der Waals surface area contributed by atoms with Gasteiger partial charge in [-0.05, 0) is 66.1 Å². The number of nitrogens with one attached hydrogen (secondary N) is 2. The minimum Gasteiger partial charge on any atom is -0.345 e. The van der Waals surface area contributed by atoms with Crippen molar-refractivity contribution in [3.8, 4) is 0 Å². The zero-order chi connectivity index (χ0) is 22.6. The van der Waals surface area contributed by atoms with Crippen molar-refractivity contribution in [2.75, 3.05) is 11.1 Å². The van der Waals surface area contributed by atoms with Crippen LogP contribution in [0.25, 0.3) is 0 Å². The van der Waals surface area contributed by atoms with Gasteiger partial charge in [-0.25, -0.2) is 8.42 Å². The fourth-order valence-corrected chi connectivity index (χ4v) is 6.23. The highest BCUT2D eigenvalue weighted by Crippen LogP contribution is 2.29. The van der Waals surface area contributed by atoms with Gasteiger partial charge in [-0.2, -0.15) is 0 Å². The van der Waals surface area contributed by atoms with Crippen molar-refractivity contribution in [2.45, 2.75) is 35.9 Å². The summed E-state index contributed by atoms with van der Waals surface area (Å²) >= 11 is 1.14. The van der Waals surface area contributed by atoms with E-state index in [2.05, 4.69) is 22.8 Å². The molecule has 6 nitrogen and oxygen atoms in total. The van der Waals surface area contributed by atoms with E-state index < -0.39 is 9.84 Å². The molecule has 1 unspecified atom stereocenters. The summed E-state index contributed by atoms with van der Waals surface area (Å²) in [7, 11) is -3.45. The summed E-state index contributed by atoms with van der Waals surface area (Å²) in [4.78, 5) is 24.9. The van der Waals surface area contributed by atoms with Crippen LogP contribution in [0.4, 0.5) is 5.69 Å². The molecule has 0 fully saturated rings. The highest BCUT2D eigenvalue weighted by molar-refractivity contribution is 7.93. The highest BCUT2D eigenvalue weighted by Gasteiger charge is 2.22. The average molecular weight is 469 g/mol. The third kappa shape index (κ3) is 5.26. The Morgan fingerprint density at radius 3 is 2.53 bits per heavy atom. The molecular weight excluding hydrogens is 444 g/mol. The van der Waals surface area contributed by atoms with Crippen molar-refractivity contribution in [1.82, 2.24) is 5.32 Å². The smallest absolute Gasteiger partial charge is 0.251 e. The first kappa shape index (κ1) is 22.2. The van der Waals surface area contributed by atoms with E-state index in [4.69, 9.17) is 0 Å². The van der Waals surface area contributed by atoms with Crippen molar-refractivity contribution in [2.24, 2.45) is 0 Å². The number of carbonyl (C=O) groups excluding carboxylic acids is 2. The summed E-state index contributed by atoms with van der Waals surface area (Å²) in [5.41, 5.74) is 3.48. The van der Waals surface area contributed by atoms with Crippen LogP contribution in [-0.4, -0.2) is 26.0 Å². The number of thiophene rings is 1. The van der Waals surface area contributed by atoms with Gasteiger partial charge in [-0.1, -0.05) is 30.3 Å². The number of hydrogen-bond acceptors (Lipinski definition) is 5. The molecule has 3 aromatic rings. The van der Waals surface area contributed by atoms with Gasteiger partial charge in [0.1, 0.15) is 4.21 Å². The van der Waals surface area contributed by atoms with Gasteiger partial charge in [0, 0.05) is 17.7 Å². The Morgan fingerprint density at radius 1 is 1.00 bits per heavy atom. The number of carbonyl (C=O) groups is 2. The standard InChI is InChI=1S/C24H24N2O4S2/c27-22(14-16-32(29,30)23-9-4-15-31-23)25-19-12-10-18(11-13-19)24(28)26-21-8-3-6-17-5-1-2-7-20(17)21/h1-2,4-5,7,9-13,15,21H,3,6,8,14,16H2,(H,25,27)(H,26,28). The molecule has 1 aromatic heterocycles. The van der Waals surface area contributed by atoms with Crippen molar-refractivity contribution in [3.63, 3.8) is 0 Å². The highest BCUT2D eigenvalue weighted by atomic mass is 32.2. The molecule has 1 aliphatic rings. The molecule has 166 valence electrons. The normalized spacial score (nSPS) is 15.6. The van der Waals surface area contributed by atoms with Crippen LogP contribution in [0.2, 0.25) is 0 Å². The minimum atomic E-state index is -3.45. The summed E-state index contributed by atoms with van der Waals surface area (Å²) < 4.78 is 24.7. The van der Waals surface area contributed by atoms with Crippen LogP contribution in [0.15, 0.2) is 70.3 Å². The summed E-state index contributed by atoms with van der Waals surface area (Å²) in [6.45, 7) is 0. The quantitative estimate of drug-likeness (QED) is 0.539. The zero-order valence-electron chi connectivity index (χ0n) is 17.4. The van der Waals surface area contributed by atoms with E-state index in [9.17, 15) is 18.0 Å². The summed E-state index contributed by atoms with van der Waals surface area (Å²) in [5.74, 6) is -0.796. The second kappa shape index (κ2) is 9.67. The monoisotopic (exact) mass is 468 g/mol. The van der Waals surface area contributed by atoms with Gasteiger partial charge in [-0.3, -0.25) is 9.59 Å². The molecule has 1 atom stereocenters. The maximum absolute atomic E-state index is 12.7. The Labute approximate surface area is 191 Å². The van der Waals surface area contributed by atoms with E-state index >= 15 is 0 Å². The molecule has 0 saturated heterocycles. The minimum absolute atomic E-state index is 0.00266. The lowest BCUT2D eigenvalue weighted by atomic mass is 9.87. The topological polar surface area (TPSA) is 92.3 Å². The third-order valence-corrected chi connectivity index (χ3v) is 8.71. The maximum atomic E-state index is 12.7. The van der Waals surface area contributed by atoms with Crippen LogP contribution in [0, 0.1) is 0 Å². The summed E-state index contributed by atoms with van der Waals surface area (Å²) in [5, 5.41) is 7.49. The summed E-state index contributed by atoms with van der Waals surface area (Å²) in [6, 6.07) is 18.0. The molecule has 2 N–H and O–H groups in total. The average Bonchev–Trinajstić information content (AvgIpc) is 3.35. The zero-order valence-corrected chi connectivity index (χ0v) is 19.0. The van der Waals surface area contributed by atoms with Crippen LogP contribution in [0.1, 0.15) is 46.8 Å². The molecule has 0 radical (unpaired) electrons. The van der Waals surface area contributed by atoms with Gasteiger partial charge >= 0.3 is 0 Å². The number of anilines is 1. The molecule has 1 aliphatic carbocycles. The molecule has 0 spiro atoms. The molecule has 2 aromatic carbocycles. The third-order valence-electron chi connectivity index (χ3n) is 5.51. The number of aryl methyl sites for hydroxylation is 1. The molecule has 1 heterocycles. The van der Waals surface area contributed by atoms with Gasteiger partial charge in [-0.15, -0.1) is 11.3 Å². The second-order valence-corrected chi connectivity index (χ2v) is 11.0. The molecule has 32 heavy (non-hydrogen) atoms. The van der Waals surface area contributed by atoms with Crippen molar-refractivity contribution >= 4 is 38.7 Å².